The number of benzene rings is 1. The van der Waals surface area contributed by atoms with E-state index in [9.17, 15) is 15.0 Å². The molecule has 0 bridgehead atoms. The minimum atomic E-state index is -0.0611. The van der Waals surface area contributed by atoms with Crippen LogP contribution in [0.2, 0.25) is 0 Å². The summed E-state index contributed by atoms with van der Waals surface area (Å²) in [5, 5.41) is 19.4. The number of Topliss-reactive ketones (excluding diaryl/α,β-unsaturated/α-hetero) is 1. The molecule has 0 saturated heterocycles. The van der Waals surface area contributed by atoms with Crippen LogP contribution in [0.25, 0.3) is 0 Å². The fourth-order valence-corrected chi connectivity index (χ4v) is 3.43. The molecule has 1 fully saturated rings. The molecule has 3 heteroatoms. The van der Waals surface area contributed by atoms with Crippen LogP contribution in [0.5, 0.6) is 11.5 Å². The van der Waals surface area contributed by atoms with E-state index in [1.807, 2.05) is 0 Å². The maximum atomic E-state index is 12.0. The van der Waals surface area contributed by atoms with Crippen molar-refractivity contribution in [2.45, 2.75) is 38.0 Å². The van der Waals surface area contributed by atoms with E-state index in [-0.39, 0.29) is 17.3 Å². The van der Waals surface area contributed by atoms with E-state index in [1.54, 1.807) is 6.07 Å². The largest absolute Gasteiger partial charge is 0.508 e. The molecule has 0 aromatic heterocycles. The first kappa shape index (κ1) is 10.6. The van der Waals surface area contributed by atoms with Gasteiger partial charge in [0.1, 0.15) is 11.5 Å². The summed E-state index contributed by atoms with van der Waals surface area (Å²) in [5.41, 5.74) is 1.31. The molecule has 1 saturated carbocycles. The quantitative estimate of drug-likeness (QED) is 0.723. The first-order valence-electron chi connectivity index (χ1n) is 6.26. The Kier molecular flexibility index (Phi) is 2.35. The Morgan fingerprint density at radius 1 is 1.12 bits per heavy atom. The van der Waals surface area contributed by atoms with Crippen LogP contribution >= 0.6 is 0 Å². The second kappa shape index (κ2) is 3.76. The third-order valence-electron chi connectivity index (χ3n) is 4.17. The molecule has 0 heterocycles. The van der Waals surface area contributed by atoms with Gasteiger partial charge in [-0.15, -0.1) is 0 Å². The molecule has 2 N–H and O–H groups in total. The Bertz CT molecular complexity index is 479. The van der Waals surface area contributed by atoms with Crippen molar-refractivity contribution in [3.05, 3.63) is 23.3 Å². The third kappa shape index (κ3) is 1.61. The number of ketones is 1. The van der Waals surface area contributed by atoms with Gasteiger partial charge >= 0.3 is 0 Å². The SMILES string of the molecule is O=C1C[C@@H]2CCCC[C@H]2c2cc(O)cc(O)c21. The first-order valence-corrected chi connectivity index (χ1v) is 6.26. The number of aromatic hydroxyl groups is 2. The zero-order valence-corrected chi connectivity index (χ0v) is 9.65. The smallest absolute Gasteiger partial charge is 0.167 e. The molecule has 1 aromatic carbocycles. The van der Waals surface area contributed by atoms with Crippen LogP contribution < -0.4 is 0 Å². The lowest BCUT2D eigenvalue weighted by Gasteiger charge is -2.36. The summed E-state index contributed by atoms with van der Waals surface area (Å²) in [7, 11) is 0. The number of carbonyl (C=O) groups excluding carboxylic acids is 1. The van der Waals surface area contributed by atoms with Crippen molar-refractivity contribution in [1.82, 2.24) is 0 Å². The third-order valence-corrected chi connectivity index (χ3v) is 4.17. The number of hydrogen-bond acceptors (Lipinski definition) is 3. The zero-order chi connectivity index (χ0) is 12.0. The highest BCUT2D eigenvalue weighted by atomic mass is 16.3. The molecular formula is C14H16O3. The van der Waals surface area contributed by atoms with Crippen LogP contribution in [0.1, 0.15) is 53.9 Å². The number of fused-ring (bicyclic) bond motifs is 3. The Balaban J connectivity index is 2.15. The van der Waals surface area contributed by atoms with Gasteiger partial charge in [0.05, 0.1) is 5.56 Å². The number of rotatable bonds is 0. The Morgan fingerprint density at radius 2 is 1.88 bits per heavy atom. The summed E-state index contributed by atoms with van der Waals surface area (Å²) in [6.07, 6.45) is 5.07. The zero-order valence-electron chi connectivity index (χ0n) is 9.65. The Morgan fingerprint density at radius 3 is 2.71 bits per heavy atom. The van der Waals surface area contributed by atoms with Crippen molar-refractivity contribution in [2.24, 2.45) is 5.92 Å². The van der Waals surface area contributed by atoms with Crippen LogP contribution in [0, 0.1) is 5.92 Å². The second-order valence-electron chi connectivity index (χ2n) is 5.21. The molecular weight excluding hydrogens is 216 g/mol. The Labute approximate surface area is 100 Å². The molecule has 0 spiro atoms. The van der Waals surface area contributed by atoms with E-state index in [4.69, 9.17) is 0 Å². The van der Waals surface area contributed by atoms with Gasteiger partial charge in [0.2, 0.25) is 0 Å². The monoisotopic (exact) mass is 232 g/mol. The summed E-state index contributed by atoms with van der Waals surface area (Å²) in [6, 6.07) is 2.93. The summed E-state index contributed by atoms with van der Waals surface area (Å²) >= 11 is 0. The number of hydrogen-bond donors (Lipinski definition) is 2. The van der Waals surface area contributed by atoms with Crippen molar-refractivity contribution < 1.29 is 15.0 Å². The maximum Gasteiger partial charge on any atom is 0.167 e. The molecule has 2 aliphatic rings. The van der Waals surface area contributed by atoms with Crippen LogP contribution in [-0.2, 0) is 0 Å². The lowest BCUT2D eigenvalue weighted by atomic mass is 9.67. The molecule has 3 nitrogen and oxygen atoms in total. The topological polar surface area (TPSA) is 57.5 Å². The fraction of sp³-hybridized carbons (Fsp3) is 0.500. The van der Waals surface area contributed by atoms with Gasteiger partial charge in [-0.25, -0.2) is 0 Å². The normalized spacial score (nSPS) is 27.4. The van der Waals surface area contributed by atoms with Crippen molar-refractivity contribution in [3.8, 4) is 11.5 Å². The van der Waals surface area contributed by atoms with Gasteiger partial charge in [-0.2, -0.15) is 0 Å². The van der Waals surface area contributed by atoms with E-state index in [2.05, 4.69) is 0 Å². The van der Waals surface area contributed by atoms with E-state index in [0.29, 0.717) is 23.8 Å². The van der Waals surface area contributed by atoms with Gasteiger partial charge in [0.25, 0.3) is 0 Å². The average Bonchev–Trinajstić information content (AvgIpc) is 2.28. The molecule has 0 amide bonds. The molecule has 90 valence electrons. The number of phenolic OH excluding ortho intramolecular Hbond substituents is 2. The number of phenols is 2. The van der Waals surface area contributed by atoms with Crippen LogP contribution in [0.15, 0.2) is 12.1 Å². The summed E-state index contributed by atoms with van der Waals surface area (Å²) in [5.74, 6) is 0.773. The summed E-state index contributed by atoms with van der Waals surface area (Å²) in [6.45, 7) is 0. The highest BCUT2D eigenvalue weighted by Gasteiger charge is 2.37. The lowest BCUT2D eigenvalue weighted by Crippen LogP contribution is -2.27. The highest BCUT2D eigenvalue weighted by Crippen LogP contribution is 2.48. The van der Waals surface area contributed by atoms with Gasteiger partial charge in [0.15, 0.2) is 5.78 Å². The molecule has 2 aliphatic carbocycles. The minimum absolute atomic E-state index is 0.0284. The van der Waals surface area contributed by atoms with Crippen LogP contribution in [0.3, 0.4) is 0 Å². The molecule has 17 heavy (non-hydrogen) atoms. The predicted molar refractivity (Wildman–Crippen MR) is 63.4 cm³/mol. The van der Waals surface area contributed by atoms with Crippen molar-refractivity contribution >= 4 is 5.78 Å². The van der Waals surface area contributed by atoms with E-state index in [1.165, 1.54) is 18.9 Å². The molecule has 1 aromatic rings. The van der Waals surface area contributed by atoms with Gasteiger partial charge in [-0.3, -0.25) is 4.79 Å². The van der Waals surface area contributed by atoms with Crippen molar-refractivity contribution in [3.63, 3.8) is 0 Å². The first-order chi connectivity index (χ1) is 8.16. The van der Waals surface area contributed by atoms with E-state index < -0.39 is 0 Å². The molecule has 0 unspecified atom stereocenters. The fourth-order valence-electron chi connectivity index (χ4n) is 3.43. The van der Waals surface area contributed by atoms with E-state index >= 15 is 0 Å². The van der Waals surface area contributed by atoms with Gasteiger partial charge in [-0.05, 0) is 36.3 Å². The average molecular weight is 232 g/mol. The summed E-state index contributed by atoms with van der Waals surface area (Å²) < 4.78 is 0. The maximum absolute atomic E-state index is 12.0. The molecule has 2 atom stereocenters. The lowest BCUT2D eigenvalue weighted by molar-refractivity contribution is 0.0916. The van der Waals surface area contributed by atoms with Gasteiger partial charge < -0.3 is 10.2 Å². The second-order valence-corrected chi connectivity index (χ2v) is 5.21. The van der Waals surface area contributed by atoms with Crippen LogP contribution in [0.4, 0.5) is 0 Å². The highest BCUT2D eigenvalue weighted by molar-refractivity contribution is 6.01. The standard InChI is InChI=1S/C14H16O3/c15-9-6-11-10-4-2-1-3-8(10)5-12(16)14(11)13(17)7-9/h6-8,10,15,17H,1-5H2/t8-,10+/m0/s1. The van der Waals surface area contributed by atoms with Crippen LogP contribution in [-0.4, -0.2) is 16.0 Å². The summed E-state index contributed by atoms with van der Waals surface area (Å²) in [4.78, 5) is 12.0. The minimum Gasteiger partial charge on any atom is -0.508 e. The predicted octanol–water partition coefficient (Wildman–Crippen LogP) is 2.96. The molecule has 3 rings (SSSR count). The molecule has 0 radical (unpaired) electrons. The molecule has 0 aliphatic heterocycles. The van der Waals surface area contributed by atoms with Gasteiger partial charge in [0, 0.05) is 12.5 Å². The van der Waals surface area contributed by atoms with E-state index in [0.717, 1.165) is 18.4 Å². The van der Waals surface area contributed by atoms with Gasteiger partial charge in [-0.1, -0.05) is 12.8 Å². The van der Waals surface area contributed by atoms with Crippen molar-refractivity contribution in [1.29, 1.82) is 0 Å². The number of carbonyl (C=O) groups is 1. The Hall–Kier alpha value is -1.51. The van der Waals surface area contributed by atoms with Crippen molar-refractivity contribution in [2.75, 3.05) is 0 Å².